The number of halogens is 3. The van der Waals surface area contributed by atoms with Crippen LogP contribution in [0.1, 0.15) is 48.5 Å². The van der Waals surface area contributed by atoms with Gasteiger partial charge in [0.15, 0.2) is 0 Å². The van der Waals surface area contributed by atoms with E-state index < -0.39 is 23.7 Å². The Morgan fingerprint density at radius 3 is 2.19 bits per heavy atom. The fraction of sp³-hybridized carbons (Fsp3) is 0.348. The van der Waals surface area contributed by atoms with Crippen molar-refractivity contribution < 1.29 is 27.6 Å². The molecule has 0 aromatic heterocycles. The summed E-state index contributed by atoms with van der Waals surface area (Å²) in [5.41, 5.74) is -0.351. The van der Waals surface area contributed by atoms with E-state index in [9.17, 15) is 27.6 Å². The van der Waals surface area contributed by atoms with Crippen LogP contribution in [0.4, 0.5) is 24.5 Å². The average Bonchev–Trinajstić information content (AvgIpc) is 3.26. The normalized spacial score (nSPS) is 15.1. The van der Waals surface area contributed by atoms with E-state index in [-0.39, 0.29) is 29.0 Å². The second-order valence-corrected chi connectivity index (χ2v) is 7.83. The maximum absolute atomic E-state index is 12.9. The van der Waals surface area contributed by atoms with Gasteiger partial charge in [-0.3, -0.25) is 14.4 Å². The molecule has 32 heavy (non-hydrogen) atoms. The van der Waals surface area contributed by atoms with Crippen molar-refractivity contribution in [2.24, 2.45) is 5.92 Å². The van der Waals surface area contributed by atoms with Gasteiger partial charge in [-0.15, -0.1) is 0 Å². The molecule has 1 aliphatic rings. The highest BCUT2D eigenvalue weighted by Gasteiger charge is 2.32. The van der Waals surface area contributed by atoms with Crippen LogP contribution in [-0.4, -0.2) is 23.8 Å². The molecule has 0 aliphatic heterocycles. The lowest BCUT2D eigenvalue weighted by molar-refractivity contribution is -0.137. The van der Waals surface area contributed by atoms with Crippen LogP contribution < -0.4 is 16.0 Å². The van der Waals surface area contributed by atoms with Crippen LogP contribution in [0, 0.1) is 5.92 Å². The van der Waals surface area contributed by atoms with Gasteiger partial charge in [-0.1, -0.05) is 25.0 Å². The number of amides is 3. The monoisotopic (exact) mass is 447 g/mol. The van der Waals surface area contributed by atoms with Crippen LogP contribution in [0.15, 0.2) is 48.5 Å². The SMILES string of the molecule is CC(=O)NC(C(=O)Nc1cccc(C(=O)Nc2cccc(C(F)(F)F)c2)c1)C1CCCC1. The summed E-state index contributed by atoms with van der Waals surface area (Å²) < 4.78 is 38.6. The van der Waals surface area contributed by atoms with E-state index in [1.165, 1.54) is 31.2 Å². The maximum Gasteiger partial charge on any atom is 0.416 e. The Morgan fingerprint density at radius 1 is 0.938 bits per heavy atom. The predicted octanol–water partition coefficient (Wildman–Crippen LogP) is 4.59. The number of benzene rings is 2. The number of rotatable bonds is 6. The molecule has 2 aromatic carbocycles. The van der Waals surface area contributed by atoms with E-state index in [4.69, 9.17) is 0 Å². The largest absolute Gasteiger partial charge is 0.416 e. The van der Waals surface area contributed by atoms with Gasteiger partial charge in [-0.2, -0.15) is 13.2 Å². The Hall–Kier alpha value is -3.36. The highest BCUT2D eigenvalue weighted by molar-refractivity contribution is 6.05. The number of nitrogens with one attached hydrogen (secondary N) is 3. The van der Waals surface area contributed by atoms with Gasteiger partial charge in [0.25, 0.3) is 5.91 Å². The Bertz CT molecular complexity index is 1000. The van der Waals surface area contributed by atoms with Crippen LogP contribution in [0.5, 0.6) is 0 Å². The molecule has 170 valence electrons. The molecule has 3 N–H and O–H groups in total. The highest BCUT2D eigenvalue weighted by atomic mass is 19.4. The third kappa shape index (κ3) is 6.09. The lowest BCUT2D eigenvalue weighted by Crippen LogP contribution is -2.47. The Balaban J connectivity index is 1.71. The number of carbonyl (C=O) groups excluding carboxylic acids is 3. The molecule has 1 atom stereocenters. The molecule has 0 heterocycles. The summed E-state index contributed by atoms with van der Waals surface area (Å²) in [7, 11) is 0. The van der Waals surface area contributed by atoms with Crippen molar-refractivity contribution in [2.45, 2.75) is 44.8 Å². The first-order chi connectivity index (χ1) is 15.1. The molecule has 1 saturated carbocycles. The second-order valence-electron chi connectivity index (χ2n) is 7.83. The van der Waals surface area contributed by atoms with Crippen molar-refractivity contribution in [3.63, 3.8) is 0 Å². The average molecular weight is 447 g/mol. The Morgan fingerprint density at radius 2 is 1.56 bits per heavy atom. The molecule has 1 aliphatic carbocycles. The van der Waals surface area contributed by atoms with E-state index in [1.807, 2.05) is 0 Å². The maximum atomic E-state index is 12.9. The van der Waals surface area contributed by atoms with Crippen LogP contribution in [0.25, 0.3) is 0 Å². The van der Waals surface area contributed by atoms with E-state index in [0.717, 1.165) is 37.8 Å². The van der Waals surface area contributed by atoms with Gasteiger partial charge >= 0.3 is 6.18 Å². The summed E-state index contributed by atoms with van der Waals surface area (Å²) in [6.45, 7) is 1.36. The molecule has 0 spiro atoms. The van der Waals surface area contributed by atoms with Gasteiger partial charge in [0.2, 0.25) is 11.8 Å². The topological polar surface area (TPSA) is 87.3 Å². The molecule has 9 heteroatoms. The summed E-state index contributed by atoms with van der Waals surface area (Å²) in [6.07, 6.45) is -0.831. The third-order valence-corrected chi connectivity index (χ3v) is 5.35. The summed E-state index contributed by atoms with van der Waals surface area (Å²) in [5.74, 6) is -1.24. The van der Waals surface area contributed by atoms with Crippen molar-refractivity contribution in [1.29, 1.82) is 0 Å². The van der Waals surface area contributed by atoms with E-state index in [0.29, 0.717) is 5.69 Å². The van der Waals surface area contributed by atoms with Crippen LogP contribution in [0.2, 0.25) is 0 Å². The molecule has 0 saturated heterocycles. The summed E-state index contributed by atoms with van der Waals surface area (Å²) in [6, 6.07) is 9.74. The zero-order chi connectivity index (χ0) is 23.3. The lowest BCUT2D eigenvalue weighted by Gasteiger charge is -2.23. The first kappa shape index (κ1) is 23.3. The van der Waals surface area contributed by atoms with Gasteiger partial charge < -0.3 is 16.0 Å². The van der Waals surface area contributed by atoms with E-state index >= 15 is 0 Å². The summed E-state index contributed by atoms with van der Waals surface area (Å²) >= 11 is 0. The highest BCUT2D eigenvalue weighted by Crippen LogP contribution is 2.31. The van der Waals surface area contributed by atoms with Crippen molar-refractivity contribution >= 4 is 29.1 Å². The van der Waals surface area contributed by atoms with Gasteiger partial charge in [0.05, 0.1) is 5.56 Å². The number of anilines is 2. The molecular weight excluding hydrogens is 423 g/mol. The number of hydrogen-bond acceptors (Lipinski definition) is 3. The minimum Gasteiger partial charge on any atom is -0.344 e. The summed E-state index contributed by atoms with van der Waals surface area (Å²) in [4.78, 5) is 36.9. The van der Waals surface area contributed by atoms with Gasteiger partial charge in [0.1, 0.15) is 6.04 Å². The number of alkyl halides is 3. The van der Waals surface area contributed by atoms with Gasteiger partial charge in [-0.25, -0.2) is 0 Å². The zero-order valence-corrected chi connectivity index (χ0v) is 17.5. The fourth-order valence-corrected chi connectivity index (χ4v) is 3.84. The quantitative estimate of drug-likeness (QED) is 0.605. The van der Waals surface area contributed by atoms with Crippen LogP contribution in [0.3, 0.4) is 0 Å². The predicted molar refractivity (Wildman–Crippen MR) is 114 cm³/mol. The van der Waals surface area contributed by atoms with Crippen molar-refractivity contribution in [3.05, 3.63) is 59.7 Å². The molecule has 3 rings (SSSR count). The van der Waals surface area contributed by atoms with E-state index in [1.54, 1.807) is 12.1 Å². The zero-order valence-electron chi connectivity index (χ0n) is 17.5. The first-order valence-electron chi connectivity index (χ1n) is 10.3. The standard InChI is InChI=1S/C23H24F3N3O3/c1-14(30)27-20(15-6-2-3-7-15)22(32)29-18-10-4-8-16(12-18)21(31)28-19-11-5-9-17(13-19)23(24,25)26/h4-5,8-13,15,20H,2-3,6-7H2,1H3,(H,27,30)(H,28,31)(H,29,32). The number of carbonyl (C=O) groups is 3. The second kappa shape index (κ2) is 9.84. The summed E-state index contributed by atoms with van der Waals surface area (Å²) in [5, 5.41) is 7.87. The van der Waals surface area contributed by atoms with Crippen molar-refractivity contribution in [2.75, 3.05) is 10.6 Å². The number of hydrogen-bond donors (Lipinski definition) is 3. The molecule has 1 fully saturated rings. The van der Waals surface area contributed by atoms with Gasteiger partial charge in [0, 0.05) is 23.9 Å². The van der Waals surface area contributed by atoms with Crippen LogP contribution >= 0.6 is 0 Å². The third-order valence-electron chi connectivity index (χ3n) is 5.35. The molecule has 6 nitrogen and oxygen atoms in total. The molecule has 1 unspecified atom stereocenters. The molecule has 3 amide bonds. The first-order valence-corrected chi connectivity index (χ1v) is 10.3. The van der Waals surface area contributed by atoms with Crippen LogP contribution in [-0.2, 0) is 15.8 Å². The van der Waals surface area contributed by atoms with E-state index in [2.05, 4.69) is 16.0 Å². The molecular formula is C23H24F3N3O3. The Labute approximate surface area is 183 Å². The lowest BCUT2D eigenvalue weighted by atomic mass is 9.97. The molecule has 0 radical (unpaired) electrons. The smallest absolute Gasteiger partial charge is 0.344 e. The Kier molecular flexibility index (Phi) is 7.17. The molecule has 2 aromatic rings. The minimum atomic E-state index is -4.52. The molecule has 0 bridgehead atoms. The van der Waals surface area contributed by atoms with Gasteiger partial charge in [-0.05, 0) is 55.2 Å². The van der Waals surface area contributed by atoms with Crippen molar-refractivity contribution in [1.82, 2.24) is 5.32 Å². The van der Waals surface area contributed by atoms with Crippen molar-refractivity contribution in [3.8, 4) is 0 Å². The fourth-order valence-electron chi connectivity index (χ4n) is 3.84. The minimum absolute atomic E-state index is 0.00576.